The van der Waals surface area contributed by atoms with Crippen LogP contribution in [0.3, 0.4) is 0 Å². The molecule has 0 aromatic carbocycles. The molecule has 4 N–H and O–H groups in total. The third kappa shape index (κ3) is 28.7. The first-order valence-corrected chi connectivity index (χ1v) is 9.39. The van der Waals surface area contributed by atoms with Gasteiger partial charge in [-0.2, -0.15) is 0 Å². The van der Waals surface area contributed by atoms with Crippen molar-refractivity contribution in [3.63, 3.8) is 0 Å². The van der Waals surface area contributed by atoms with Crippen LogP contribution < -0.4 is 11.5 Å². The van der Waals surface area contributed by atoms with Crippen molar-refractivity contribution in [2.45, 2.75) is 90.9 Å². The van der Waals surface area contributed by atoms with Gasteiger partial charge in [0.2, 0.25) is 0 Å². The van der Waals surface area contributed by atoms with E-state index >= 15 is 0 Å². The molecule has 0 fully saturated rings. The van der Waals surface area contributed by atoms with Gasteiger partial charge in [-0.15, -0.1) is 0 Å². The normalized spacial score (nSPS) is 9.75. The monoisotopic (exact) mass is 346 g/mol. The van der Waals surface area contributed by atoms with Crippen LogP contribution in [0.1, 0.15) is 90.9 Å². The van der Waals surface area contributed by atoms with E-state index in [9.17, 15) is 9.59 Å². The highest BCUT2D eigenvalue weighted by atomic mass is 16.5. The number of primary amides is 2. The predicted octanol–water partition coefficient (Wildman–Crippen LogP) is 4.88. The second kappa shape index (κ2) is 21.5. The highest BCUT2D eigenvalue weighted by Gasteiger charge is 1.94. The van der Waals surface area contributed by atoms with Crippen molar-refractivity contribution in [3.8, 4) is 0 Å². The number of ether oxygens (including phenoxy) is 2. The Kier molecular flexibility index (Phi) is 22.2. The number of amides is 2. The molecule has 0 aromatic rings. The van der Waals surface area contributed by atoms with E-state index in [-0.39, 0.29) is 0 Å². The van der Waals surface area contributed by atoms with Crippen LogP contribution in [0.15, 0.2) is 0 Å². The lowest BCUT2D eigenvalue weighted by molar-refractivity contribution is 0.153. The van der Waals surface area contributed by atoms with Crippen molar-refractivity contribution in [3.05, 3.63) is 0 Å². The quantitative estimate of drug-likeness (QED) is 0.437. The molecule has 0 heterocycles. The van der Waals surface area contributed by atoms with Gasteiger partial charge in [-0.3, -0.25) is 0 Å². The fourth-order valence-electron chi connectivity index (χ4n) is 2.11. The lowest BCUT2D eigenvalue weighted by atomic mass is 10.1. The second-order valence-corrected chi connectivity index (χ2v) is 5.87. The van der Waals surface area contributed by atoms with Crippen molar-refractivity contribution in [2.24, 2.45) is 11.5 Å². The lowest BCUT2D eigenvalue weighted by Crippen LogP contribution is -2.13. The summed E-state index contributed by atoms with van der Waals surface area (Å²) in [5.74, 6) is 0. The maximum absolute atomic E-state index is 10.1. The zero-order valence-electron chi connectivity index (χ0n) is 15.7. The Morgan fingerprint density at radius 3 is 1.17 bits per heavy atom. The summed E-state index contributed by atoms with van der Waals surface area (Å²) >= 11 is 0. The molecule has 0 rings (SSSR count). The van der Waals surface area contributed by atoms with E-state index in [4.69, 9.17) is 11.5 Å². The third-order valence-electron chi connectivity index (χ3n) is 3.48. The smallest absolute Gasteiger partial charge is 0.404 e. The molecule has 0 saturated heterocycles. The molecule has 6 heteroatoms. The van der Waals surface area contributed by atoms with E-state index in [1.807, 2.05) is 0 Å². The fourth-order valence-corrected chi connectivity index (χ4v) is 2.11. The Labute approximate surface area is 147 Å². The minimum absolute atomic E-state index is 0.474. The molecule has 2 amide bonds. The van der Waals surface area contributed by atoms with E-state index in [1.165, 1.54) is 51.4 Å². The number of carbonyl (C=O) groups is 2. The van der Waals surface area contributed by atoms with Crippen LogP contribution >= 0.6 is 0 Å². The van der Waals surface area contributed by atoms with E-state index in [1.54, 1.807) is 0 Å². The second-order valence-electron chi connectivity index (χ2n) is 5.87. The minimum Gasteiger partial charge on any atom is -0.450 e. The van der Waals surface area contributed by atoms with E-state index in [2.05, 4.69) is 23.3 Å². The SMILES string of the molecule is CCCCCCCCOC(N)=O.CCCCCCCCOC(N)=O. The summed E-state index contributed by atoms with van der Waals surface area (Å²) in [7, 11) is 0. The van der Waals surface area contributed by atoms with Gasteiger partial charge in [0.15, 0.2) is 0 Å². The maximum Gasteiger partial charge on any atom is 0.404 e. The van der Waals surface area contributed by atoms with Crippen LogP contribution in [-0.4, -0.2) is 25.4 Å². The topological polar surface area (TPSA) is 105 Å². The molecule has 0 spiro atoms. The largest absolute Gasteiger partial charge is 0.450 e. The maximum atomic E-state index is 10.1. The van der Waals surface area contributed by atoms with Crippen molar-refractivity contribution in [2.75, 3.05) is 13.2 Å². The standard InChI is InChI=1S/2C9H19NO2/c2*1-2-3-4-5-6-7-8-12-9(10)11/h2*2-8H2,1H3,(H2,10,11). The summed E-state index contributed by atoms with van der Waals surface area (Å²) in [6.45, 7) is 5.33. The number of nitrogens with two attached hydrogens (primary N) is 2. The lowest BCUT2D eigenvalue weighted by Gasteiger charge is -2.00. The van der Waals surface area contributed by atoms with E-state index in [0.717, 1.165) is 25.7 Å². The van der Waals surface area contributed by atoms with Gasteiger partial charge in [-0.1, -0.05) is 78.1 Å². The average Bonchev–Trinajstić information content (AvgIpc) is 2.53. The highest BCUT2D eigenvalue weighted by molar-refractivity contribution is 5.64. The van der Waals surface area contributed by atoms with Gasteiger partial charge >= 0.3 is 12.2 Å². The average molecular weight is 347 g/mol. The van der Waals surface area contributed by atoms with Crippen LogP contribution in [0.25, 0.3) is 0 Å². The summed E-state index contributed by atoms with van der Waals surface area (Å²) in [5.41, 5.74) is 9.59. The first kappa shape index (κ1) is 24.8. The van der Waals surface area contributed by atoms with Gasteiger partial charge in [0.1, 0.15) is 0 Å². The number of hydrogen-bond donors (Lipinski definition) is 2. The number of unbranched alkanes of at least 4 members (excludes halogenated alkanes) is 10. The molecule has 0 radical (unpaired) electrons. The van der Waals surface area contributed by atoms with Crippen LogP contribution in [0.2, 0.25) is 0 Å². The molecule has 0 aromatic heterocycles. The molecule has 0 bridgehead atoms. The molecule has 0 unspecified atom stereocenters. The molecule has 6 nitrogen and oxygen atoms in total. The Bertz CT molecular complexity index is 258. The van der Waals surface area contributed by atoms with Crippen molar-refractivity contribution >= 4 is 12.2 Å². The molecule has 24 heavy (non-hydrogen) atoms. The number of rotatable bonds is 14. The number of carbonyl (C=O) groups excluding carboxylic acids is 2. The van der Waals surface area contributed by atoms with Gasteiger partial charge in [0, 0.05) is 0 Å². The highest BCUT2D eigenvalue weighted by Crippen LogP contribution is 2.05. The molecule has 0 aliphatic heterocycles. The Morgan fingerprint density at radius 2 is 0.875 bits per heavy atom. The van der Waals surface area contributed by atoms with Gasteiger partial charge in [0.05, 0.1) is 13.2 Å². The van der Waals surface area contributed by atoms with Gasteiger partial charge in [-0.25, -0.2) is 9.59 Å². The van der Waals surface area contributed by atoms with Gasteiger partial charge in [0.25, 0.3) is 0 Å². The van der Waals surface area contributed by atoms with Crippen molar-refractivity contribution in [1.29, 1.82) is 0 Å². The Hall–Kier alpha value is -1.46. The molecule has 0 saturated carbocycles. The molecule has 0 atom stereocenters. The van der Waals surface area contributed by atoms with Crippen LogP contribution in [0.4, 0.5) is 9.59 Å². The summed E-state index contributed by atoms with van der Waals surface area (Å²) in [5, 5.41) is 0. The molecule has 144 valence electrons. The summed E-state index contributed by atoms with van der Waals surface area (Å²) in [4.78, 5) is 20.3. The molecule has 0 aliphatic rings. The van der Waals surface area contributed by atoms with E-state index in [0.29, 0.717) is 13.2 Å². The van der Waals surface area contributed by atoms with Crippen molar-refractivity contribution < 1.29 is 19.1 Å². The zero-order valence-corrected chi connectivity index (χ0v) is 15.7. The van der Waals surface area contributed by atoms with Gasteiger partial charge < -0.3 is 20.9 Å². The van der Waals surface area contributed by atoms with E-state index < -0.39 is 12.2 Å². The zero-order chi connectivity index (χ0) is 18.5. The Balaban J connectivity index is 0. The third-order valence-corrected chi connectivity index (χ3v) is 3.48. The first-order valence-electron chi connectivity index (χ1n) is 9.39. The predicted molar refractivity (Wildman–Crippen MR) is 97.8 cm³/mol. The van der Waals surface area contributed by atoms with Crippen LogP contribution in [0.5, 0.6) is 0 Å². The van der Waals surface area contributed by atoms with Crippen LogP contribution in [-0.2, 0) is 9.47 Å². The molecular weight excluding hydrogens is 308 g/mol. The van der Waals surface area contributed by atoms with Crippen LogP contribution in [0, 0.1) is 0 Å². The molecule has 0 aliphatic carbocycles. The fraction of sp³-hybridized carbons (Fsp3) is 0.889. The summed E-state index contributed by atoms with van der Waals surface area (Å²) < 4.78 is 9.17. The van der Waals surface area contributed by atoms with Crippen molar-refractivity contribution in [1.82, 2.24) is 0 Å². The summed E-state index contributed by atoms with van der Waals surface area (Å²) in [6, 6.07) is 0. The number of hydrogen-bond acceptors (Lipinski definition) is 4. The Morgan fingerprint density at radius 1 is 0.583 bits per heavy atom. The minimum atomic E-state index is -0.663. The van der Waals surface area contributed by atoms with Gasteiger partial charge in [-0.05, 0) is 12.8 Å². The molecular formula is C18H38N2O4. The first-order chi connectivity index (χ1) is 11.5. The summed E-state index contributed by atoms with van der Waals surface area (Å²) in [6.07, 6.45) is 13.0.